The molecule has 0 N–H and O–H groups in total. The highest BCUT2D eigenvalue weighted by Crippen LogP contribution is 2.59. The fourth-order valence-corrected chi connectivity index (χ4v) is 4.32. The molecule has 26 heavy (non-hydrogen) atoms. The number of benzene rings is 1. The van der Waals surface area contributed by atoms with Gasteiger partial charge in [0.2, 0.25) is 5.89 Å². The van der Waals surface area contributed by atoms with Crippen molar-refractivity contribution in [3.63, 3.8) is 0 Å². The van der Waals surface area contributed by atoms with Gasteiger partial charge in [0.25, 0.3) is 0 Å². The van der Waals surface area contributed by atoms with Gasteiger partial charge in [-0.3, -0.25) is 0 Å². The third kappa shape index (κ3) is 1.89. The van der Waals surface area contributed by atoms with Crippen LogP contribution in [0.4, 0.5) is 8.78 Å². The van der Waals surface area contributed by atoms with Crippen molar-refractivity contribution in [1.82, 2.24) is 20.0 Å². The average molecular weight is 356 g/mol. The Bertz CT molecular complexity index is 1090. The fraction of sp³-hybridized carbons (Fsp3) is 0.333. The van der Waals surface area contributed by atoms with Gasteiger partial charge in [0, 0.05) is 7.05 Å². The smallest absolute Gasteiger partial charge is 0.391 e. The number of hydrogen-bond acceptors (Lipinski definition) is 5. The van der Waals surface area contributed by atoms with E-state index in [0.717, 1.165) is 23.1 Å². The molecule has 1 fully saturated rings. The van der Waals surface area contributed by atoms with Gasteiger partial charge in [0.15, 0.2) is 0 Å². The van der Waals surface area contributed by atoms with E-state index >= 15 is 0 Å². The van der Waals surface area contributed by atoms with E-state index in [4.69, 9.17) is 4.42 Å². The van der Waals surface area contributed by atoms with Gasteiger partial charge in [-0.05, 0) is 48.9 Å². The van der Waals surface area contributed by atoms with Crippen LogP contribution in [0.25, 0.3) is 11.3 Å². The molecule has 0 radical (unpaired) electrons. The maximum absolute atomic E-state index is 14.1. The predicted molar refractivity (Wildman–Crippen MR) is 86.5 cm³/mol. The van der Waals surface area contributed by atoms with E-state index in [-0.39, 0.29) is 17.2 Å². The summed E-state index contributed by atoms with van der Waals surface area (Å²) in [5.41, 5.74) is 1.00. The van der Waals surface area contributed by atoms with Crippen molar-refractivity contribution >= 4 is 0 Å². The molecule has 5 rings (SSSR count). The lowest BCUT2D eigenvalue weighted by Crippen LogP contribution is -2.25. The van der Waals surface area contributed by atoms with Crippen LogP contribution in [0.2, 0.25) is 0 Å². The van der Waals surface area contributed by atoms with Crippen molar-refractivity contribution in [1.29, 1.82) is 0 Å². The quantitative estimate of drug-likeness (QED) is 0.706. The van der Waals surface area contributed by atoms with Gasteiger partial charge < -0.3 is 4.42 Å². The zero-order chi connectivity index (χ0) is 18.1. The molecule has 132 valence electrons. The van der Waals surface area contributed by atoms with Crippen molar-refractivity contribution in [2.45, 2.75) is 30.6 Å². The molecule has 1 saturated carbocycles. The van der Waals surface area contributed by atoms with Crippen molar-refractivity contribution in [2.75, 3.05) is 0 Å². The largest absolute Gasteiger partial charge is 0.436 e. The fourth-order valence-electron chi connectivity index (χ4n) is 4.32. The highest BCUT2D eigenvalue weighted by atomic mass is 19.1. The van der Waals surface area contributed by atoms with Crippen LogP contribution in [0, 0.1) is 11.6 Å². The topological polar surface area (TPSA) is 73.8 Å². The molecule has 0 aliphatic heterocycles. The SMILES string of the molecule is Cn1nc([C@]23CC[C@H](C2)c2cc(-c4c(F)cccc4F)nnc23)oc1=O. The molecule has 0 unspecified atom stereocenters. The second-order valence-electron chi connectivity index (χ2n) is 6.95. The van der Waals surface area contributed by atoms with Crippen LogP contribution in [0.15, 0.2) is 33.5 Å². The third-order valence-corrected chi connectivity index (χ3v) is 5.55. The first-order valence-corrected chi connectivity index (χ1v) is 8.37. The van der Waals surface area contributed by atoms with Gasteiger partial charge in [0.1, 0.15) is 11.6 Å². The Hall–Kier alpha value is -2.90. The maximum Gasteiger partial charge on any atom is 0.436 e. The van der Waals surface area contributed by atoms with E-state index < -0.39 is 22.8 Å². The van der Waals surface area contributed by atoms with Crippen molar-refractivity contribution in [2.24, 2.45) is 7.05 Å². The zero-order valence-electron chi connectivity index (χ0n) is 13.9. The summed E-state index contributed by atoms with van der Waals surface area (Å²) in [6.45, 7) is 0. The lowest BCUT2D eigenvalue weighted by Gasteiger charge is -2.23. The molecule has 8 heteroatoms. The lowest BCUT2D eigenvalue weighted by atomic mass is 9.83. The molecule has 3 aromatic rings. The van der Waals surface area contributed by atoms with E-state index in [1.807, 2.05) is 0 Å². The zero-order valence-corrected chi connectivity index (χ0v) is 13.9. The summed E-state index contributed by atoms with van der Waals surface area (Å²) in [5.74, 6) is -1.35. The van der Waals surface area contributed by atoms with E-state index in [2.05, 4.69) is 15.3 Å². The molecule has 2 atom stereocenters. The van der Waals surface area contributed by atoms with Crippen molar-refractivity contribution < 1.29 is 13.2 Å². The van der Waals surface area contributed by atoms with Crippen LogP contribution in [-0.2, 0) is 12.5 Å². The van der Waals surface area contributed by atoms with Crippen LogP contribution in [0.3, 0.4) is 0 Å². The Labute approximate surface area is 146 Å². The van der Waals surface area contributed by atoms with E-state index in [0.29, 0.717) is 18.0 Å². The Morgan fingerprint density at radius 1 is 1.27 bits per heavy atom. The molecule has 0 spiro atoms. The molecule has 6 nitrogen and oxygen atoms in total. The molecular formula is C18H14F2N4O2. The molecule has 2 heterocycles. The van der Waals surface area contributed by atoms with Crippen molar-refractivity contribution in [3.8, 4) is 11.3 Å². The molecule has 2 aliphatic rings. The second-order valence-corrected chi connectivity index (χ2v) is 6.95. The summed E-state index contributed by atoms with van der Waals surface area (Å²) >= 11 is 0. The molecular weight excluding hydrogens is 342 g/mol. The van der Waals surface area contributed by atoms with E-state index in [1.54, 1.807) is 6.07 Å². The van der Waals surface area contributed by atoms with Gasteiger partial charge in [-0.2, -0.15) is 9.78 Å². The Morgan fingerprint density at radius 2 is 2.04 bits per heavy atom. The number of aryl methyl sites for hydroxylation is 1. The molecule has 0 saturated heterocycles. The Balaban J connectivity index is 1.67. The minimum atomic E-state index is -0.673. The Morgan fingerprint density at radius 3 is 2.73 bits per heavy atom. The number of aromatic nitrogens is 4. The van der Waals surface area contributed by atoms with Crippen LogP contribution in [0.5, 0.6) is 0 Å². The maximum atomic E-state index is 14.1. The lowest BCUT2D eigenvalue weighted by molar-refractivity contribution is 0.358. The highest BCUT2D eigenvalue weighted by molar-refractivity contribution is 5.63. The first kappa shape index (κ1) is 15.4. The molecule has 2 aliphatic carbocycles. The number of halogens is 2. The van der Waals surface area contributed by atoms with Crippen LogP contribution < -0.4 is 5.76 Å². The van der Waals surface area contributed by atoms with Crippen LogP contribution >= 0.6 is 0 Å². The summed E-state index contributed by atoms with van der Waals surface area (Å²) in [7, 11) is 1.53. The molecule has 1 aromatic carbocycles. The van der Waals surface area contributed by atoms with Gasteiger partial charge in [0.05, 0.1) is 22.4 Å². The summed E-state index contributed by atoms with van der Waals surface area (Å²) in [6.07, 6.45) is 2.34. The predicted octanol–water partition coefficient (Wildman–Crippen LogP) is 2.68. The second kappa shape index (κ2) is 5.06. The molecule has 2 aromatic heterocycles. The van der Waals surface area contributed by atoms with Gasteiger partial charge >= 0.3 is 5.76 Å². The van der Waals surface area contributed by atoms with Crippen molar-refractivity contribution in [3.05, 3.63) is 63.6 Å². The first-order chi connectivity index (χ1) is 12.5. The summed E-state index contributed by atoms with van der Waals surface area (Å²) in [6, 6.07) is 5.42. The summed E-state index contributed by atoms with van der Waals surface area (Å²) in [4.78, 5) is 11.7. The third-order valence-electron chi connectivity index (χ3n) is 5.55. The highest BCUT2D eigenvalue weighted by Gasteiger charge is 2.55. The van der Waals surface area contributed by atoms with Gasteiger partial charge in [-0.25, -0.2) is 13.6 Å². The monoisotopic (exact) mass is 356 g/mol. The number of rotatable bonds is 2. The minimum Gasteiger partial charge on any atom is -0.391 e. The summed E-state index contributed by atoms with van der Waals surface area (Å²) in [5, 5.41) is 12.6. The number of hydrogen-bond donors (Lipinski definition) is 0. The molecule has 2 bridgehead atoms. The summed E-state index contributed by atoms with van der Waals surface area (Å²) < 4.78 is 34.7. The number of fused-ring (bicyclic) bond motifs is 5. The standard InChI is InChI=1S/C18H14F2N4O2/c1-24-17(25)26-16(23-24)18-6-5-9(8-18)10-7-13(21-22-15(10)18)14-11(19)3-2-4-12(14)20/h2-4,7,9H,5-6,8H2,1H3/t9-,18-/m1/s1. The van der Waals surface area contributed by atoms with Crippen LogP contribution in [-0.4, -0.2) is 20.0 Å². The number of nitrogens with zero attached hydrogens (tertiary/aromatic N) is 4. The average Bonchev–Trinajstić information content (AvgIpc) is 3.28. The molecule has 0 amide bonds. The van der Waals surface area contributed by atoms with Gasteiger partial charge in [-0.15, -0.1) is 10.2 Å². The van der Waals surface area contributed by atoms with Crippen LogP contribution in [0.1, 0.15) is 42.3 Å². The first-order valence-electron chi connectivity index (χ1n) is 8.37. The van der Waals surface area contributed by atoms with Gasteiger partial charge in [-0.1, -0.05) is 6.07 Å². The van der Waals surface area contributed by atoms with E-state index in [1.165, 1.54) is 25.2 Å². The Kier molecular flexibility index (Phi) is 2.99. The normalized spacial score (nSPS) is 23.4. The van der Waals surface area contributed by atoms with E-state index in [9.17, 15) is 13.6 Å². The minimum absolute atomic E-state index is 0.171.